The number of halogens is 1. The molecule has 0 fully saturated rings. The van der Waals surface area contributed by atoms with Crippen molar-refractivity contribution in [1.82, 2.24) is 4.98 Å². The number of benzene rings is 1. The summed E-state index contributed by atoms with van der Waals surface area (Å²) in [5.41, 5.74) is 0. The first-order chi connectivity index (χ1) is 12.1. The molecule has 0 unspecified atom stereocenters. The van der Waals surface area contributed by atoms with E-state index < -0.39 is 6.16 Å². The van der Waals surface area contributed by atoms with E-state index in [-0.39, 0.29) is 23.4 Å². The number of carbonyl (C=O) groups is 1. The second kappa shape index (κ2) is 9.32. The molecule has 0 aliphatic rings. The molecule has 136 valence electrons. The largest absolute Gasteiger partial charge is 0.515 e. The van der Waals surface area contributed by atoms with Gasteiger partial charge in [0.05, 0.1) is 13.2 Å². The molecule has 2 rings (SSSR count). The van der Waals surface area contributed by atoms with Gasteiger partial charge in [-0.05, 0) is 31.0 Å². The van der Waals surface area contributed by atoms with Crippen LogP contribution in [0.25, 0.3) is 10.8 Å². The zero-order valence-electron chi connectivity index (χ0n) is 14.4. The molecule has 1 heterocycles. The number of hydrogen-bond donors (Lipinski definition) is 1. The summed E-state index contributed by atoms with van der Waals surface area (Å²) in [6.45, 7) is 4.91. The standard InChI is InChI=1S/C18H22ClNO5/c1-3-5-9-23-12-7-8-13-14(11-12)16(19)20-17(15(13)21)25-18(22)24-10-6-4-2/h7-8,11,21H,3-6,9-10H2,1-2H3. The van der Waals surface area contributed by atoms with Gasteiger partial charge in [0, 0.05) is 10.8 Å². The van der Waals surface area contributed by atoms with Gasteiger partial charge in [0.25, 0.3) is 5.88 Å². The van der Waals surface area contributed by atoms with Gasteiger partial charge in [-0.2, -0.15) is 4.98 Å². The van der Waals surface area contributed by atoms with E-state index in [0.29, 0.717) is 23.1 Å². The van der Waals surface area contributed by atoms with E-state index in [0.717, 1.165) is 25.7 Å². The third-order valence-electron chi connectivity index (χ3n) is 3.54. The number of nitrogens with zero attached hydrogens (tertiary/aromatic N) is 1. The summed E-state index contributed by atoms with van der Waals surface area (Å²) < 4.78 is 15.5. The highest BCUT2D eigenvalue weighted by Crippen LogP contribution is 2.38. The summed E-state index contributed by atoms with van der Waals surface area (Å²) in [5, 5.41) is 11.3. The van der Waals surface area contributed by atoms with Gasteiger partial charge >= 0.3 is 6.16 Å². The fraction of sp³-hybridized carbons (Fsp3) is 0.444. The maximum atomic E-state index is 11.6. The first kappa shape index (κ1) is 19.1. The number of aromatic hydroxyl groups is 1. The lowest BCUT2D eigenvalue weighted by Crippen LogP contribution is -2.12. The third kappa shape index (κ3) is 5.13. The van der Waals surface area contributed by atoms with E-state index in [4.69, 9.17) is 25.8 Å². The van der Waals surface area contributed by atoms with Crippen LogP contribution in [-0.4, -0.2) is 29.5 Å². The normalized spacial score (nSPS) is 10.7. The molecule has 7 heteroatoms. The lowest BCUT2D eigenvalue weighted by atomic mass is 10.1. The molecule has 0 atom stereocenters. The van der Waals surface area contributed by atoms with E-state index in [1.807, 2.05) is 6.92 Å². The molecule has 6 nitrogen and oxygen atoms in total. The van der Waals surface area contributed by atoms with Crippen LogP contribution in [0.2, 0.25) is 5.15 Å². The number of hydrogen-bond acceptors (Lipinski definition) is 6. The van der Waals surface area contributed by atoms with Crippen molar-refractivity contribution in [3.63, 3.8) is 0 Å². The molecular formula is C18H22ClNO5. The summed E-state index contributed by atoms with van der Waals surface area (Å²) in [4.78, 5) is 15.6. The highest BCUT2D eigenvalue weighted by molar-refractivity contribution is 6.34. The molecule has 25 heavy (non-hydrogen) atoms. The third-order valence-corrected chi connectivity index (χ3v) is 3.82. The van der Waals surface area contributed by atoms with Crippen molar-refractivity contribution in [1.29, 1.82) is 0 Å². The zero-order valence-corrected chi connectivity index (χ0v) is 15.1. The van der Waals surface area contributed by atoms with Gasteiger partial charge in [-0.3, -0.25) is 0 Å². The number of carbonyl (C=O) groups excluding carboxylic acids is 1. The maximum absolute atomic E-state index is 11.6. The Labute approximate surface area is 151 Å². The van der Waals surface area contributed by atoms with Gasteiger partial charge < -0.3 is 19.3 Å². The zero-order chi connectivity index (χ0) is 18.2. The number of fused-ring (bicyclic) bond motifs is 1. The van der Waals surface area contributed by atoms with Crippen LogP contribution in [0, 0.1) is 0 Å². The van der Waals surface area contributed by atoms with Gasteiger partial charge in [-0.1, -0.05) is 38.3 Å². The van der Waals surface area contributed by atoms with E-state index in [9.17, 15) is 9.90 Å². The first-order valence-electron chi connectivity index (χ1n) is 8.36. The number of ether oxygens (including phenoxy) is 3. The summed E-state index contributed by atoms with van der Waals surface area (Å²) in [6.07, 6.45) is 2.68. The SMILES string of the molecule is CCCCOC(=O)Oc1nc(Cl)c2cc(OCCCC)ccc2c1O. The fourth-order valence-corrected chi connectivity index (χ4v) is 2.35. The molecular weight excluding hydrogens is 346 g/mol. The Balaban J connectivity index is 2.19. The predicted molar refractivity (Wildman–Crippen MR) is 95.7 cm³/mol. The van der Waals surface area contributed by atoms with Crippen molar-refractivity contribution in [3.8, 4) is 17.4 Å². The Bertz CT molecular complexity index is 735. The summed E-state index contributed by atoms with van der Waals surface area (Å²) in [6, 6.07) is 5.07. The van der Waals surface area contributed by atoms with Crippen molar-refractivity contribution in [2.24, 2.45) is 0 Å². The molecule has 2 aromatic rings. The highest BCUT2D eigenvalue weighted by atomic mass is 35.5. The molecule has 0 aliphatic heterocycles. The van der Waals surface area contributed by atoms with Crippen molar-refractivity contribution in [2.75, 3.05) is 13.2 Å². The van der Waals surface area contributed by atoms with Crippen LogP contribution in [0.4, 0.5) is 4.79 Å². The predicted octanol–water partition coefficient (Wildman–Crippen LogP) is 5.09. The topological polar surface area (TPSA) is 77.9 Å². The van der Waals surface area contributed by atoms with Crippen molar-refractivity contribution in [3.05, 3.63) is 23.4 Å². The highest BCUT2D eigenvalue weighted by Gasteiger charge is 2.18. The van der Waals surface area contributed by atoms with Crippen LogP contribution in [0.3, 0.4) is 0 Å². The number of aromatic nitrogens is 1. The Morgan fingerprint density at radius 2 is 1.88 bits per heavy atom. The van der Waals surface area contributed by atoms with Crippen LogP contribution in [0.5, 0.6) is 17.4 Å². The van der Waals surface area contributed by atoms with Gasteiger partial charge in [0.1, 0.15) is 10.9 Å². The molecule has 0 saturated carbocycles. The van der Waals surface area contributed by atoms with Crippen LogP contribution in [0.1, 0.15) is 39.5 Å². The van der Waals surface area contributed by atoms with Crippen molar-refractivity contribution >= 4 is 28.5 Å². The van der Waals surface area contributed by atoms with Crippen molar-refractivity contribution in [2.45, 2.75) is 39.5 Å². The summed E-state index contributed by atoms with van der Waals surface area (Å²) in [7, 11) is 0. The smallest absolute Gasteiger partial charge is 0.503 e. The van der Waals surface area contributed by atoms with E-state index in [2.05, 4.69) is 11.9 Å². The summed E-state index contributed by atoms with van der Waals surface area (Å²) >= 11 is 6.17. The quantitative estimate of drug-likeness (QED) is 0.398. The Morgan fingerprint density at radius 3 is 2.60 bits per heavy atom. The molecule has 0 bridgehead atoms. The van der Waals surface area contributed by atoms with E-state index >= 15 is 0 Å². The summed E-state index contributed by atoms with van der Waals surface area (Å²) in [5.74, 6) is 0.0855. The molecule has 1 N–H and O–H groups in total. The van der Waals surface area contributed by atoms with Crippen LogP contribution in [-0.2, 0) is 4.74 Å². The molecule has 0 spiro atoms. The second-order valence-electron chi connectivity index (χ2n) is 5.52. The molecule has 1 aromatic heterocycles. The maximum Gasteiger partial charge on any atom is 0.515 e. The second-order valence-corrected chi connectivity index (χ2v) is 5.88. The van der Waals surface area contributed by atoms with Gasteiger partial charge in [0.2, 0.25) is 0 Å². The van der Waals surface area contributed by atoms with Gasteiger partial charge in [0.15, 0.2) is 5.75 Å². The van der Waals surface area contributed by atoms with Gasteiger partial charge in [-0.25, -0.2) is 4.79 Å². The van der Waals surface area contributed by atoms with Crippen LogP contribution >= 0.6 is 11.6 Å². The Kier molecular flexibility index (Phi) is 7.13. The van der Waals surface area contributed by atoms with E-state index in [1.165, 1.54) is 0 Å². The molecule has 1 aromatic carbocycles. The molecule has 0 aliphatic carbocycles. The average molecular weight is 368 g/mol. The number of unbranched alkanes of at least 4 members (excludes halogenated alkanes) is 2. The first-order valence-corrected chi connectivity index (χ1v) is 8.74. The lowest BCUT2D eigenvalue weighted by Gasteiger charge is -2.11. The molecule has 0 saturated heterocycles. The van der Waals surface area contributed by atoms with E-state index in [1.54, 1.807) is 18.2 Å². The molecule has 0 radical (unpaired) electrons. The van der Waals surface area contributed by atoms with Gasteiger partial charge in [-0.15, -0.1) is 0 Å². The number of rotatable bonds is 8. The number of pyridine rings is 1. The van der Waals surface area contributed by atoms with Crippen LogP contribution in [0.15, 0.2) is 18.2 Å². The average Bonchev–Trinajstić information content (AvgIpc) is 2.60. The lowest BCUT2D eigenvalue weighted by molar-refractivity contribution is 0.0952. The fourth-order valence-electron chi connectivity index (χ4n) is 2.12. The van der Waals surface area contributed by atoms with Crippen molar-refractivity contribution < 1.29 is 24.1 Å². The minimum atomic E-state index is -0.925. The minimum Gasteiger partial charge on any atom is -0.503 e. The monoisotopic (exact) mass is 367 g/mol. The Hall–Kier alpha value is -2.21. The minimum absolute atomic E-state index is 0.102. The molecule has 0 amide bonds. The Morgan fingerprint density at radius 1 is 1.16 bits per heavy atom. The van der Waals surface area contributed by atoms with Crippen LogP contribution < -0.4 is 9.47 Å².